The minimum absolute atomic E-state index is 0.0260. The first-order chi connectivity index (χ1) is 15.7. The molecule has 1 aliphatic rings. The zero-order valence-corrected chi connectivity index (χ0v) is 18.0. The first-order valence-corrected chi connectivity index (χ1v) is 10.5. The summed E-state index contributed by atoms with van der Waals surface area (Å²) >= 11 is 0. The fourth-order valence-electron chi connectivity index (χ4n) is 4.36. The summed E-state index contributed by atoms with van der Waals surface area (Å²) in [5, 5.41) is 4.03. The van der Waals surface area contributed by atoms with Crippen molar-refractivity contribution < 1.29 is 17.9 Å². The second kappa shape index (κ2) is 7.77. The maximum atomic E-state index is 12.9. The quantitative estimate of drug-likeness (QED) is 0.469. The number of halogens is 3. The number of benzene rings is 2. The third-order valence-corrected chi connectivity index (χ3v) is 6.07. The van der Waals surface area contributed by atoms with Crippen molar-refractivity contribution in [1.29, 1.82) is 0 Å². The van der Waals surface area contributed by atoms with Crippen LogP contribution in [0.25, 0.3) is 22.3 Å². The van der Waals surface area contributed by atoms with E-state index in [-0.39, 0.29) is 17.2 Å². The van der Waals surface area contributed by atoms with E-state index in [9.17, 15) is 18.0 Å². The van der Waals surface area contributed by atoms with E-state index in [0.717, 1.165) is 28.3 Å². The van der Waals surface area contributed by atoms with Gasteiger partial charge < -0.3 is 19.6 Å². The van der Waals surface area contributed by atoms with E-state index in [1.165, 1.54) is 12.1 Å². The van der Waals surface area contributed by atoms with Gasteiger partial charge in [0, 0.05) is 28.7 Å². The van der Waals surface area contributed by atoms with Crippen molar-refractivity contribution in [2.75, 3.05) is 0 Å². The van der Waals surface area contributed by atoms with Gasteiger partial charge in [0.15, 0.2) is 5.43 Å². The fourth-order valence-corrected chi connectivity index (χ4v) is 4.36. The van der Waals surface area contributed by atoms with Crippen molar-refractivity contribution in [2.45, 2.75) is 39.3 Å². The average Bonchev–Trinajstić information content (AvgIpc) is 3.11. The van der Waals surface area contributed by atoms with Crippen LogP contribution in [0.3, 0.4) is 0 Å². The summed E-state index contributed by atoms with van der Waals surface area (Å²) in [5.74, 6) is 0.587. The molecule has 0 fully saturated rings. The highest BCUT2D eigenvalue weighted by Crippen LogP contribution is 2.31. The van der Waals surface area contributed by atoms with Crippen LogP contribution in [0.4, 0.5) is 13.2 Å². The van der Waals surface area contributed by atoms with Gasteiger partial charge in [0.2, 0.25) is 0 Å². The lowest BCUT2D eigenvalue weighted by atomic mass is 10.0. The number of pyridine rings is 1. The Morgan fingerprint density at radius 2 is 1.82 bits per heavy atom. The van der Waals surface area contributed by atoms with Gasteiger partial charge >= 0.3 is 6.36 Å². The van der Waals surface area contributed by atoms with Crippen LogP contribution in [0.1, 0.15) is 28.7 Å². The Balaban J connectivity index is 1.47. The summed E-state index contributed by atoms with van der Waals surface area (Å²) in [6, 6.07) is 13.2. The molecule has 0 spiro atoms. The SMILES string of the molecule is Cc1c(-c2nc3n(c2C)CC(c2ccc(OC(F)(F)F)cc2)NC3)[nH]c2ccccc2c1=O. The van der Waals surface area contributed by atoms with Crippen LogP contribution in [-0.4, -0.2) is 20.9 Å². The maximum absolute atomic E-state index is 12.9. The molecule has 1 atom stereocenters. The Bertz CT molecular complexity index is 1400. The van der Waals surface area contributed by atoms with E-state index in [2.05, 4.69) is 19.6 Å². The van der Waals surface area contributed by atoms with Crippen molar-refractivity contribution in [3.63, 3.8) is 0 Å². The normalized spacial score (nSPS) is 16.1. The van der Waals surface area contributed by atoms with Gasteiger partial charge in [-0.15, -0.1) is 13.2 Å². The van der Waals surface area contributed by atoms with E-state index in [1.54, 1.807) is 25.1 Å². The molecule has 0 bridgehead atoms. The molecule has 1 unspecified atom stereocenters. The summed E-state index contributed by atoms with van der Waals surface area (Å²) in [5.41, 5.74) is 4.53. The number of hydrogen-bond acceptors (Lipinski definition) is 4. The predicted molar refractivity (Wildman–Crippen MR) is 118 cm³/mol. The molecule has 2 N–H and O–H groups in total. The third kappa shape index (κ3) is 3.89. The number of nitrogens with one attached hydrogen (secondary N) is 2. The van der Waals surface area contributed by atoms with E-state index in [0.29, 0.717) is 29.7 Å². The fraction of sp³-hybridized carbons (Fsp3) is 0.250. The summed E-state index contributed by atoms with van der Waals surface area (Å²) < 4.78 is 43.3. The molecular formula is C24H21F3N4O2. The van der Waals surface area contributed by atoms with Crippen LogP contribution < -0.4 is 15.5 Å². The van der Waals surface area contributed by atoms with Crippen molar-refractivity contribution >= 4 is 10.9 Å². The van der Waals surface area contributed by atoms with Crippen LogP contribution in [0, 0.1) is 13.8 Å². The first kappa shape index (κ1) is 21.3. The van der Waals surface area contributed by atoms with Crippen LogP contribution in [0.5, 0.6) is 5.75 Å². The molecule has 5 rings (SSSR count). The molecule has 0 saturated heterocycles. The average molecular weight is 454 g/mol. The minimum Gasteiger partial charge on any atom is -0.406 e. The number of rotatable bonds is 3. The van der Waals surface area contributed by atoms with Crippen LogP contribution in [-0.2, 0) is 13.1 Å². The number of H-pyrrole nitrogens is 1. The second-order valence-electron chi connectivity index (χ2n) is 8.12. The van der Waals surface area contributed by atoms with E-state index in [4.69, 9.17) is 4.98 Å². The lowest BCUT2D eigenvalue weighted by molar-refractivity contribution is -0.274. The van der Waals surface area contributed by atoms with Gasteiger partial charge in [-0.2, -0.15) is 0 Å². The molecule has 0 radical (unpaired) electrons. The number of alkyl halides is 3. The van der Waals surface area contributed by atoms with Gasteiger partial charge in [-0.1, -0.05) is 24.3 Å². The van der Waals surface area contributed by atoms with Crippen LogP contribution in [0.2, 0.25) is 0 Å². The maximum Gasteiger partial charge on any atom is 0.573 e. The Kier molecular flexibility index (Phi) is 5.01. The number of ether oxygens (including phenoxy) is 1. The van der Waals surface area contributed by atoms with Crippen molar-refractivity contribution in [3.05, 3.63) is 81.4 Å². The number of fused-ring (bicyclic) bond motifs is 2. The number of hydrogen-bond donors (Lipinski definition) is 2. The Morgan fingerprint density at radius 1 is 1.09 bits per heavy atom. The Labute approximate surface area is 187 Å². The van der Waals surface area contributed by atoms with Crippen LogP contribution in [0.15, 0.2) is 53.3 Å². The van der Waals surface area contributed by atoms with E-state index < -0.39 is 6.36 Å². The van der Waals surface area contributed by atoms with Gasteiger partial charge in [0.1, 0.15) is 17.3 Å². The highest BCUT2D eigenvalue weighted by molar-refractivity contribution is 5.82. The number of aromatic amines is 1. The number of imidazole rings is 1. The number of nitrogens with zero attached hydrogens (tertiary/aromatic N) is 2. The second-order valence-corrected chi connectivity index (χ2v) is 8.12. The van der Waals surface area contributed by atoms with Crippen molar-refractivity contribution in [1.82, 2.24) is 19.9 Å². The smallest absolute Gasteiger partial charge is 0.406 e. The molecule has 6 nitrogen and oxygen atoms in total. The molecule has 2 aromatic carbocycles. The lowest BCUT2D eigenvalue weighted by Crippen LogP contribution is -2.32. The molecule has 9 heteroatoms. The van der Waals surface area contributed by atoms with Gasteiger partial charge in [0.05, 0.1) is 18.3 Å². The molecule has 2 aromatic heterocycles. The summed E-state index contributed by atoms with van der Waals surface area (Å²) in [4.78, 5) is 21.0. The van der Waals surface area contributed by atoms with Crippen molar-refractivity contribution in [3.8, 4) is 17.1 Å². The molecule has 1 aliphatic heterocycles. The first-order valence-electron chi connectivity index (χ1n) is 10.5. The summed E-state index contributed by atoms with van der Waals surface area (Å²) in [6.07, 6.45) is -4.72. The molecule has 3 heterocycles. The lowest BCUT2D eigenvalue weighted by Gasteiger charge is -2.26. The largest absolute Gasteiger partial charge is 0.573 e. The van der Waals surface area contributed by atoms with Gasteiger partial charge in [-0.25, -0.2) is 4.98 Å². The topological polar surface area (TPSA) is 71.9 Å². The molecule has 170 valence electrons. The van der Waals surface area contributed by atoms with E-state index in [1.807, 2.05) is 25.1 Å². The van der Waals surface area contributed by atoms with E-state index >= 15 is 0 Å². The minimum atomic E-state index is -4.72. The molecule has 33 heavy (non-hydrogen) atoms. The standard InChI is InChI=1S/C24H21F3N4O2/c1-13-21(29-18-6-4-3-5-17(18)23(13)32)22-14(2)31-12-19(28-11-20(31)30-22)15-7-9-16(10-8-15)33-24(25,26)27/h3-10,19,28H,11-12H2,1-2H3,(H,29,32). The Hall–Kier alpha value is -3.59. The molecular weight excluding hydrogens is 433 g/mol. The number of aromatic nitrogens is 3. The summed E-state index contributed by atoms with van der Waals surface area (Å²) in [7, 11) is 0. The predicted octanol–water partition coefficient (Wildman–Crippen LogP) is 4.75. The van der Waals surface area contributed by atoms with Crippen molar-refractivity contribution in [2.24, 2.45) is 0 Å². The summed E-state index contributed by atoms with van der Waals surface area (Å²) in [6.45, 7) is 4.80. The third-order valence-electron chi connectivity index (χ3n) is 6.07. The molecule has 0 amide bonds. The van der Waals surface area contributed by atoms with Crippen LogP contribution >= 0.6 is 0 Å². The van der Waals surface area contributed by atoms with Gasteiger partial charge in [-0.3, -0.25) is 4.79 Å². The van der Waals surface area contributed by atoms with Gasteiger partial charge in [0.25, 0.3) is 0 Å². The highest BCUT2D eigenvalue weighted by Gasteiger charge is 2.31. The zero-order chi connectivity index (χ0) is 23.3. The molecule has 0 aliphatic carbocycles. The monoisotopic (exact) mass is 454 g/mol. The molecule has 4 aromatic rings. The number of para-hydroxylation sites is 1. The molecule has 0 saturated carbocycles. The highest BCUT2D eigenvalue weighted by atomic mass is 19.4. The van der Waals surface area contributed by atoms with Gasteiger partial charge in [-0.05, 0) is 43.7 Å². The zero-order valence-electron chi connectivity index (χ0n) is 18.0. The Morgan fingerprint density at radius 3 is 2.55 bits per heavy atom.